The fourth-order valence-electron chi connectivity index (χ4n) is 1.48. The van der Waals surface area contributed by atoms with E-state index in [-0.39, 0.29) is 0 Å². The Morgan fingerprint density at radius 2 is 2.20 bits per heavy atom. The molecule has 1 aromatic carbocycles. The lowest BCUT2D eigenvalue weighted by atomic mass is 10.1. The van der Waals surface area contributed by atoms with E-state index in [0.717, 1.165) is 29.7 Å². The van der Waals surface area contributed by atoms with Gasteiger partial charge in [0, 0.05) is 0 Å². The standard InChI is InChI=1S/C12H16N2O/c1-8-3-6-10(11(7-8)15-2)12(13)14-9-4-5-9/h3,6-7,9H,4-5H2,1-2H3,(H2,13,14). The average molecular weight is 204 g/mol. The van der Waals surface area contributed by atoms with Crippen molar-refractivity contribution in [1.29, 1.82) is 0 Å². The first-order chi connectivity index (χ1) is 7.20. The molecule has 0 amide bonds. The molecule has 3 nitrogen and oxygen atoms in total. The predicted octanol–water partition coefficient (Wildman–Crippen LogP) is 1.87. The molecule has 0 bridgehead atoms. The highest BCUT2D eigenvalue weighted by Crippen LogP contribution is 2.26. The van der Waals surface area contributed by atoms with Crippen LogP contribution in [0.5, 0.6) is 5.75 Å². The van der Waals surface area contributed by atoms with Crippen LogP contribution in [-0.2, 0) is 0 Å². The normalized spacial score (nSPS) is 16.5. The van der Waals surface area contributed by atoms with Gasteiger partial charge in [-0.05, 0) is 37.5 Å². The van der Waals surface area contributed by atoms with Crippen molar-refractivity contribution in [2.75, 3.05) is 7.11 Å². The highest BCUT2D eigenvalue weighted by atomic mass is 16.5. The Morgan fingerprint density at radius 1 is 1.47 bits per heavy atom. The van der Waals surface area contributed by atoms with Crippen LogP contribution in [0.4, 0.5) is 0 Å². The van der Waals surface area contributed by atoms with Crippen molar-refractivity contribution in [2.24, 2.45) is 10.7 Å². The quantitative estimate of drug-likeness (QED) is 0.603. The van der Waals surface area contributed by atoms with Crippen LogP contribution >= 0.6 is 0 Å². The molecular weight excluding hydrogens is 188 g/mol. The second-order valence-corrected chi connectivity index (χ2v) is 3.95. The highest BCUT2D eigenvalue weighted by Gasteiger charge is 2.21. The number of hydrogen-bond donors (Lipinski definition) is 1. The third-order valence-electron chi connectivity index (χ3n) is 2.50. The third kappa shape index (κ3) is 2.29. The third-order valence-corrected chi connectivity index (χ3v) is 2.50. The predicted molar refractivity (Wildman–Crippen MR) is 61.5 cm³/mol. The maximum absolute atomic E-state index is 5.93. The molecule has 0 saturated heterocycles. The highest BCUT2D eigenvalue weighted by molar-refractivity contribution is 6.00. The Bertz CT molecular complexity index is 395. The van der Waals surface area contributed by atoms with Gasteiger partial charge < -0.3 is 10.5 Å². The van der Waals surface area contributed by atoms with Crippen LogP contribution in [-0.4, -0.2) is 19.0 Å². The van der Waals surface area contributed by atoms with Gasteiger partial charge in [-0.25, -0.2) is 0 Å². The van der Waals surface area contributed by atoms with Crippen LogP contribution < -0.4 is 10.5 Å². The van der Waals surface area contributed by atoms with E-state index >= 15 is 0 Å². The molecule has 1 aliphatic carbocycles. The number of methoxy groups -OCH3 is 1. The fourth-order valence-corrected chi connectivity index (χ4v) is 1.48. The van der Waals surface area contributed by atoms with Gasteiger partial charge in [-0.1, -0.05) is 6.07 Å². The van der Waals surface area contributed by atoms with E-state index in [4.69, 9.17) is 10.5 Å². The molecule has 1 aromatic rings. The van der Waals surface area contributed by atoms with Gasteiger partial charge in [-0.15, -0.1) is 0 Å². The summed E-state index contributed by atoms with van der Waals surface area (Å²) in [5, 5.41) is 0. The van der Waals surface area contributed by atoms with E-state index in [9.17, 15) is 0 Å². The first kappa shape index (κ1) is 10.0. The summed E-state index contributed by atoms with van der Waals surface area (Å²) in [4.78, 5) is 4.41. The van der Waals surface area contributed by atoms with Gasteiger partial charge in [0.2, 0.25) is 0 Å². The summed E-state index contributed by atoms with van der Waals surface area (Å²) >= 11 is 0. The average Bonchev–Trinajstić information content (AvgIpc) is 3.01. The van der Waals surface area contributed by atoms with Crippen molar-refractivity contribution in [3.8, 4) is 5.75 Å². The topological polar surface area (TPSA) is 47.6 Å². The van der Waals surface area contributed by atoms with Crippen molar-refractivity contribution in [3.05, 3.63) is 29.3 Å². The summed E-state index contributed by atoms with van der Waals surface area (Å²) in [6.45, 7) is 2.03. The minimum absolute atomic E-state index is 0.441. The van der Waals surface area contributed by atoms with Crippen LogP contribution in [0.2, 0.25) is 0 Å². The molecule has 3 heteroatoms. The number of nitrogens with zero attached hydrogens (tertiary/aromatic N) is 1. The van der Waals surface area contributed by atoms with Crippen LogP contribution in [0.25, 0.3) is 0 Å². The summed E-state index contributed by atoms with van der Waals surface area (Å²) < 4.78 is 5.29. The van der Waals surface area contributed by atoms with Gasteiger partial charge >= 0.3 is 0 Å². The number of nitrogens with two attached hydrogens (primary N) is 1. The van der Waals surface area contributed by atoms with Crippen LogP contribution in [0.3, 0.4) is 0 Å². The molecule has 0 atom stereocenters. The maximum Gasteiger partial charge on any atom is 0.130 e. The first-order valence-corrected chi connectivity index (χ1v) is 5.19. The van der Waals surface area contributed by atoms with Gasteiger partial charge in [0.1, 0.15) is 11.6 Å². The van der Waals surface area contributed by atoms with Gasteiger partial charge in [0.15, 0.2) is 0 Å². The molecule has 0 aromatic heterocycles. The zero-order valence-corrected chi connectivity index (χ0v) is 9.16. The summed E-state index contributed by atoms with van der Waals surface area (Å²) in [5.74, 6) is 1.39. The number of amidine groups is 1. The molecule has 0 spiro atoms. The van der Waals surface area contributed by atoms with Crippen molar-refractivity contribution in [3.63, 3.8) is 0 Å². The molecule has 1 aliphatic rings. The number of aliphatic imine (C=N–C) groups is 1. The lowest BCUT2D eigenvalue weighted by Crippen LogP contribution is -2.15. The maximum atomic E-state index is 5.93. The number of rotatable bonds is 3. The largest absolute Gasteiger partial charge is 0.496 e. The Labute approximate surface area is 90.0 Å². The first-order valence-electron chi connectivity index (χ1n) is 5.19. The molecular formula is C12H16N2O. The van der Waals surface area contributed by atoms with E-state index < -0.39 is 0 Å². The fraction of sp³-hybridized carbons (Fsp3) is 0.417. The van der Waals surface area contributed by atoms with Crippen LogP contribution in [0.15, 0.2) is 23.2 Å². The summed E-state index contributed by atoms with van der Waals surface area (Å²) in [6, 6.07) is 6.41. The van der Waals surface area contributed by atoms with Gasteiger partial charge in [0.05, 0.1) is 18.7 Å². The molecule has 80 valence electrons. The minimum Gasteiger partial charge on any atom is -0.496 e. The van der Waals surface area contributed by atoms with E-state index in [1.807, 2.05) is 25.1 Å². The molecule has 1 fully saturated rings. The number of ether oxygens (including phenoxy) is 1. The van der Waals surface area contributed by atoms with Gasteiger partial charge in [-0.3, -0.25) is 4.99 Å². The van der Waals surface area contributed by atoms with E-state index in [1.165, 1.54) is 0 Å². The molecule has 0 radical (unpaired) electrons. The lowest BCUT2D eigenvalue weighted by Gasteiger charge is -2.08. The summed E-state index contributed by atoms with van der Waals surface area (Å²) in [7, 11) is 1.66. The zero-order valence-electron chi connectivity index (χ0n) is 9.16. The second-order valence-electron chi connectivity index (χ2n) is 3.95. The molecule has 0 heterocycles. The van der Waals surface area contributed by atoms with Crippen LogP contribution in [0, 0.1) is 6.92 Å². The van der Waals surface area contributed by atoms with E-state index in [2.05, 4.69) is 4.99 Å². The van der Waals surface area contributed by atoms with Gasteiger partial charge in [0.25, 0.3) is 0 Å². The van der Waals surface area contributed by atoms with Crippen molar-refractivity contribution in [1.82, 2.24) is 0 Å². The minimum atomic E-state index is 0.441. The summed E-state index contributed by atoms with van der Waals surface area (Å²) in [5.41, 5.74) is 7.99. The molecule has 2 N–H and O–H groups in total. The van der Waals surface area contributed by atoms with Gasteiger partial charge in [-0.2, -0.15) is 0 Å². The van der Waals surface area contributed by atoms with Crippen molar-refractivity contribution < 1.29 is 4.74 Å². The number of hydrogen-bond acceptors (Lipinski definition) is 2. The molecule has 2 rings (SSSR count). The molecule has 15 heavy (non-hydrogen) atoms. The lowest BCUT2D eigenvalue weighted by molar-refractivity contribution is 0.413. The number of benzene rings is 1. The Hall–Kier alpha value is -1.51. The number of aryl methyl sites for hydroxylation is 1. The van der Waals surface area contributed by atoms with E-state index in [0.29, 0.717) is 11.9 Å². The van der Waals surface area contributed by atoms with E-state index in [1.54, 1.807) is 7.11 Å². The zero-order chi connectivity index (χ0) is 10.8. The Balaban J connectivity index is 2.33. The smallest absolute Gasteiger partial charge is 0.130 e. The summed E-state index contributed by atoms with van der Waals surface area (Å²) in [6.07, 6.45) is 2.32. The molecule has 1 saturated carbocycles. The van der Waals surface area contributed by atoms with Crippen molar-refractivity contribution in [2.45, 2.75) is 25.8 Å². The molecule has 0 unspecified atom stereocenters. The SMILES string of the molecule is COc1cc(C)ccc1C(N)=NC1CC1. The van der Waals surface area contributed by atoms with Crippen LogP contribution in [0.1, 0.15) is 24.0 Å². The monoisotopic (exact) mass is 204 g/mol. The Kier molecular flexibility index (Phi) is 2.62. The van der Waals surface area contributed by atoms with Crippen molar-refractivity contribution >= 4 is 5.84 Å². The Morgan fingerprint density at radius 3 is 2.80 bits per heavy atom. The molecule has 0 aliphatic heterocycles. The second kappa shape index (κ2) is 3.93.